The number of hydrogen-bond acceptors (Lipinski definition) is 3. The molecule has 0 aliphatic carbocycles. The van der Waals surface area contributed by atoms with Gasteiger partial charge in [0.25, 0.3) is 0 Å². The van der Waals surface area contributed by atoms with Crippen LogP contribution in [0.2, 0.25) is 0 Å². The first-order valence-corrected chi connectivity index (χ1v) is 11.8. The molecule has 0 aliphatic rings. The van der Waals surface area contributed by atoms with E-state index in [1.807, 2.05) is 32.0 Å². The molecule has 5 nitrogen and oxygen atoms in total. The maximum Gasteiger partial charge on any atom is 0.244 e. The second-order valence-electron chi connectivity index (χ2n) is 7.87. The Kier molecular flexibility index (Phi) is 5.84. The van der Waals surface area contributed by atoms with Crippen molar-refractivity contribution >= 4 is 32.3 Å². The summed E-state index contributed by atoms with van der Waals surface area (Å²) < 4.78 is 41.5. The van der Waals surface area contributed by atoms with Gasteiger partial charge in [0.15, 0.2) is 9.84 Å². The highest BCUT2D eigenvalue weighted by molar-refractivity contribution is 7.90. The number of anilines is 1. The second kappa shape index (κ2) is 8.59. The van der Waals surface area contributed by atoms with E-state index in [4.69, 9.17) is 0 Å². The first-order chi connectivity index (χ1) is 15.2. The van der Waals surface area contributed by atoms with Crippen molar-refractivity contribution in [1.29, 1.82) is 0 Å². The van der Waals surface area contributed by atoms with Gasteiger partial charge in [-0.3, -0.25) is 4.79 Å². The quantitative estimate of drug-likeness (QED) is 0.449. The third-order valence-corrected chi connectivity index (χ3v) is 7.15. The van der Waals surface area contributed by atoms with E-state index in [9.17, 15) is 17.6 Å². The van der Waals surface area contributed by atoms with Gasteiger partial charge in [0.1, 0.15) is 12.4 Å². The van der Waals surface area contributed by atoms with Crippen molar-refractivity contribution in [3.8, 4) is 0 Å². The minimum absolute atomic E-state index is 0.0388. The Balaban J connectivity index is 1.63. The molecule has 4 aromatic rings. The number of aromatic nitrogens is 1. The van der Waals surface area contributed by atoms with Gasteiger partial charge in [-0.1, -0.05) is 36.4 Å². The van der Waals surface area contributed by atoms with Gasteiger partial charge < -0.3 is 9.88 Å². The Hall–Kier alpha value is -3.45. The van der Waals surface area contributed by atoms with Crippen molar-refractivity contribution in [2.75, 3.05) is 5.32 Å². The largest absolute Gasteiger partial charge is 0.337 e. The molecular formula is C25H23FN2O3S. The van der Waals surface area contributed by atoms with Crippen LogP contribution >= 0.6 is 0 Å². The van der Waals surface area contributed by atoms with Crippen molar-refractivity contribution in [3.05, 3.63) is 95.4 Å². The summed E-state index contributed by atoms with van der Waals surface area (Å²) in [5, 5.41) is 3.40. The number of carbonyl (C=O) groups excluding carboxylic acids is 1. The van der Waals surface area contributed by atoms with Gasteiger partial charge in [-0.15, -0.1) is 0 Å². The maximum atomic E-state index is 13.5. The number of aryl methyl sites for hydroxylation is 2. The predicted octanol–water partition coefficient (Wildman–Crippen LogP) is 5.01. The van der Waals surface area contributed by atoms with Crippen LogP contribution in [0.3, 0.4) is 0 Å². The molecule has 7 heteroatoms. The highest BCUT2D eigenvalue weighted by Gasteiger charge is 2.22. The van der Waals surface area contributed by atoms with Gasteiger partial charge in [-0.25, -0.2) is 12.8 Å². The Labute approximate surface area is 186 Å². The zero-order chi connectivity index (χ0) is 22.9. The smallest absolute Gasteiger partial charge is 0.244 e. The molecule has 1 amide bonds. The number of sulfone groups is 1. The fourth-order valence-electron chi connectivity index (χ4n) is 3.69. The first kappa shape index (κ1) is 21.8. The van der Waals surface area contributed by atoms with Crippen LogP contribution in [0.1, 0.15) is 16.7 Å². The van der Waals surface area contributed by atoms with Crippen molar-refractivity contribution < 1.29 is 17.6 Å². The van der Waals surface area contributed by atoms with E-state index >= 15 is 0 Å². The summed E-state index contributed by atoms with van der Waals surface area (Å²) in [6, 6.07) is 18.3. The molecular weight excluding hydrogens is 427 g/mol. The van der Waals surface area contributed by atoms with Gasteiger partial charge in [-0.2, -0.15) is 0 Å². The fourth-order valence-corrected chi connectivity index (χ4v) is 5.26. The van der Waals surface area contributed by atoms with E-state index in [0.717, 1.165) is 11.1 Å². The molecule has 1 aromatic heterocycles. The summed E-state index contributed by atoms with van der Waals surface area (Å²) in [5.74, 6) is -1.07. The highest BCUT2D eigenvalue weighted by Crippen LogP contribution is 2.28. The summed E-state index contributed by atoms with van der Waals surface area (Å²) in [6.45, 7) is 3.93. The normalized spacial score (nSPS) is 11.6. The van der Waals surface area contributed by atoms with Crippen LogP contribution in [0.15, 0.2) is 77.8 Å². The lowest BCUT2D eigenvalue weighted by Gasteiger charge is -2.09. The van der Waals surface area contributed by atoms with Gasteiger partial charge in [0, 0.05) is 22.8 Å². The monoisotopic (exact) mass is 450 g/mol. The molecule has 4 rings (SSSR count). The number of fused-ring (bicyclic) bond motifs is 1. The summed E-state index contributed by atoms with van der Waals surface area (Å²) in [6.07, 6.45) is 1.49. The molecule has 0 spiro atoms. The first-order valence-electron chi connectivity index (χ1n) is 10.1. The lowest BCUT2D eigenvalue weighted by Crippen LogP contribution is -2.18. The second-order valence-corrected chi connectivity index (χ2v) is 9.83. The minimum atomic E-state index is -3.76. The van der Waals surface area contributed by atoms with Crippen LogP contribution in [0.25, 0.3) is 10.9 Å². The summed E-state index contributed by atoms with van der Waals surface area (Å²) in [5.41, 5.74) is 3.90. The number of rotatable bonds is 6. The molecule has 0 radical (unpaired) electrons. The molecule has 32 heavy (non-hydrogen) atoms. The van der Waals surface area contributed by atoms with Crippen LogP contribution in [0.4, 0.5) is 10.1 Å². The molecule has 0 unspecified atom stereocenters. The van der Waals surface area contributed by atoms with E-state index in [1.54, 1.807) is 34.9 Å². The summed E-state index contributed by atoms with van der Waals surface area (Å²) >= 11 is 0. The Morgan fingerprint density at radius 2 is 1.75 bits per heavy atom. The number of para-hydroxylation sites is 1. The molecule has 3 aromatic carbocycles. The zero-order valence-electron chi connectivity index (χ0n) is 17.8. The Morgan fingerprint density at radius 1 is 0.969 bits per heavy atom. The van der Waals surface area contributed by atoms with Crippen molar-refractivity contribution in [2.45, 2.75) is 31.0 Å². The molecule has 0 bridgehead atoms. The van der Waals surface area contributed by atoms with Crippen molar-refractivity contribution in [1.82, 2.24) is 4.57 Å². The van der Waals surface area contributed by atoms with Gasteiger partial charge in [0.05, 0.1) is 10.6 Å². The molecule has 0 saturated heterocycles. The molecule has 0 saturated carbocycles. The standard InChI is InChI=1S/C25H23FN2O3S/c1-17-10-11-21(12-18(17)2)27-25(29)15-28-14-24(22-8-3-4-9-23(22)28)32(30,31)16-19-6-5-7-20(26)13-19/h3-14H,15-16H2,1-2H3,(H,27,29). The van der Waals surface area contributed by atoms with Crippen LogP contribution in [-0.2, 0) is 26.9 Å². The van der Waals surface area contributed by atoms with Gasteiger partial charge >= 0.3 is 0 Å². The van der Waals surface area contributed by atoms with E-state index in [2.05, 4.69) is 5.32 Å². The SMILES string of the molecule is Cc1ccc(NC(=O)Cn2cc(S(=O)(=O)Cc3cccc(F)c3)c3ccccc32)cc1C. The van der Waals surface area contributed by atoms with E-state index < -0.39 is 15.7 Å². The lowest BCUT2D eigenvalue weighted by atomic mass is 10.1. The predicted molar refractivity (Wildman–Crippen MR) is 124 cm³/mol. The van der Waals surface area contributed by atoms with Crippen LogP contribution in [0.5, 0.6) is 0 Å². The Bertz CT molecular complexity index is 1420. The molecule has 1 N–H and O–H groups in total. The zero-order valence-corrected chi connectivity index (χ0v) is 18.6. The third-order valence-electron chi connectivity index (χ3n) is 5.44. The average molecular weight is 451 g/mol. The van der Waals surface area contributed by atoms with E-state index in [-0.39, 0.29) is 23.1 Å². The third kappa shape index (κ3) is 4.57. The topological polar surface area (TPSA) is 68.2 Å². The molecule has 0 fully saturated rings. The number of carbonyl (C=O) groups is 1. The number of nitrogens with zero attached hydrogens (tertiary/aromatic N) is 1. The fraction of sp³-hybridized carbons (Fsp3) is 0.160. The minimum Gasteiger partial charge on any atom is -0.337 e. The average Bonchev–Trinajstić information content (AvgIpc) is 3.10. The number of amides is 1. The highest BCUT2D eigenvalue weighted by atomic mass is 32.2. The molecule has 0 aliphatic heterocycles. The van der Waals surface area contributed by atoms with Crippen LogP contribution in [-0.4, -0.2) is 18.9 Å². The summed E-state index contributed by atoms with van der Waals surface area (Å²) in [7, 11) is -3.76. The number of benzene rings is 3. The van der Waals surface area contributed by atoms with Crippen LogP contribution < -0.4 is 5.32 Å². The Morgan fingerprint density at radius 3 is 2.50 bits per heavy atom. The number of halogens is 1. The summed E-state index contributed by atoms with van der Waals surface area (Å²) in [4.78, 5) is 12.8. The molecule has 164 valence electrons. The van der Waals surface area contributed by atoms with Gasteiger partial charge in [0.2, 0.25) is 5.91 Å². The maximum absolute atomic E-state index is 13.5. The van der Waals surface area contributed by atoms with Crippen molar-refractivity contribution in [2.24, 2.45) is 0 Å². The van der Waals surface area contributed by atoms with Crippen LogP contribution in [0, 0.1) is 19.7 Å². The van der Waals surface area contributed by atoms with Gasteiger partial charge in [-0.05, 0) is 60.9 Å². The molecule has 1 heterocycles. The lowest BCUT2D eigenvalue weighted by molar-refractivity contribution is -0.116. The molecule has 0 atom stereocenters. The van der Waals surface area contributed by atoms with Crippen molar-refractivity contribution in [3.63, 3.8) is 0 Å². The number of hydrogen-bond donors (Lipinski definition) is 1. The van der Waals surface area contributed by atoms with E-state index in [1.165, 1.54) is 24.4 Å². The number of nitrogens with one attached hydrogen (secondary N) is 1. The van der Waals surface area contributed by atoms with E-state index in [0.29, 0.717) is 22.2 Å².